The number of aryl methyl sites for hydroxylation is 1. The molecule has 5 rings (SSSR count). The summed E-state index contributed by atoms with van der Waals surface area (Å²) in [5.74, 6) is -1.60. The summed E-state index contributed by atoms with van der Waals surface area (Å²) in [6.07, 6.45) is 2.93. The van der Waals surface area contributed by atoms with Gasteiger partial charge in [-0.2, -0.15) is 0 Å². The van der Waals surface area contributed by atoms with Gasteiger partial charge in [-0.3, -0.25) is 14.6 Å². The third kappa shape index (κ3) is 6.48. The molecule has 1 N–H and O–H groups in total. The van der Waals surface area contributed by atoms with E-state index in [9.17, 15) is 19.5 Å². The average Bonchev–Trinajstić information content (AvgIpc) is 3.26. The van der Waals surface area contributed by atoms with Crippen LogP contribution in [0.15, 0.2) is 103 Å². The summed E-state index contributed by atoms with van der Waals surface area (Å²) in [6, 6.07) is 24.2. The molecule has 0 bridgehead atoms. The fourth-order valence-corrected chi connectivity index (χ4v) is 5.00. The van der Waals surface area contributed by atoms with Crippen molar-refractivity contribution in [3.8, 4) is 5.75 Å². The molecule has 1 unspecified atom stereocenters. The lowest BCUT2D eigenvalue weighted by molar-refractivity contribution is -0.140. The minimum Gasteiger partial charge on any atom is -0.507 e. The molecule has 1 aliphatic rings. The molecule has 8 nitrogen and oxygen atoms in total. The summed E-state index contributed by atoms with van der Waals surface area (Å²) >= 11 is 0. The number of likely N-dealkylation sites (tertiary alicyclic amines) is 1. The highest BCUT2D eigenvalue weighted by molar-refractivity contribution is 6.46. The Balaban J connectivity index is 1.45. The number of rotatable bonds is 9. The molecule has 1 aliphatic heterocycles. The molecule has 43 heavy (non-hydrogen) atoms. The van der Waals surface area contributed by atoms with Crippen molar-refractivity contribution >= 4 is 23.4 Å². The normalized spacial score (nSPS) is 16.0. The van der Waals surface area contributed by atoms with Crippen LogP contribution in [0.4, 0.5) is 0 Å². The number of aliphatic hydroxyl groups excluding tert-OH is 1. The molecule has 1 fully saturated rings. The second-order valence-corrected chi connectivity index (χ2v) is 10.6. The van der Waals surface area contributed by atoms with Crippen LogP contribution >= 0.6 is 0 Å². The molecule has 4 aromatic rings. The molecule has 218 valence electrons. The van der Waals surface area contributed by atoms with Gasteiger partial charge in [0.15, 0.2) is 0 Å². The van der Waals surface area contributed by atoms with Gasteiger partial charge in [0, 0.05) is 24.5 Å². The van der Waals surface area contributed by atoms with Gasteiger partial charge in [0.25, 0.3) is 11.7 Å². The fourth-order valence-electron chi connectivity index (χ4n) is 5.00. The van der Waals surface area contributed by atoms with Crippen molar-refractivity contribution in [3.63, 3.8) is 0 Å². The second kappa shape index (κ2) is 12.7. The summed E-state index contributed by atoms with van der Waals surface area (Å²) in [7, 11) is 0. The Kier molecular flexibility index (Phi) is 8.66. The monoisotopic (exact) mass is 576 g/mol. The molecule has 8 heteroatoms. The van der Waals surface area contributed by atoms with Gasteiger partial charge in [-0.15, -0.1) is 0 Å². The van der Waals surface area contributed by atoms with E-state index in [1.165, 1.54) is 4.90 Å². The lowest BCUT2D eigenvalue weighted by atomic mass is 9.95. The Labute approximate surface area is 250 Å². The molecule has 0 radical (unpaired) electrons. The Morgan fingerprint density at radius 1 is 0.930 bits per heavy atom. The Hall–Kier alpha value is -5.24. The van der Waals surface area contributed by atoms with E-state index >= 15 is 0 Å². The Morgan fingerprint density at radius 3 is 2.30 bits per heavy atom. The standard InChI is InChI=1S/C35H32N2O6/c1-22(2)43-35(41)26-13-11-24(12-14-26)20-37-31(28-10-7-17-36-19-28)30(33(39)34(37)40)32(38)27-15-16-29(23(3)18-27)42-21-25-8-5-4-6-9-25/h4-19,22,31,38H,20-21H2,1-3H3/b32-30-. The molecule has 0 spiro atoms. The van der Waals surface area contributed by atoms with Crippen LogP contribution in [-0.4, -0.2) is 38.8 Å². The number of carbonyl (C=O) groups is 3. The van der Waals surface area contributed by atoms with Gasteiger partial charge >= 0.3 is 5.97 Å². The van der Waals surface area contributed by atoms with Crippen molar-refractivity contribution in [1.82, 2.24) is 9.88 Å². The van der Waals surface area contributed by atoms with Crippen LogP contribution in [0.3, 0.4) is 0 Å². The number of Topliss-reactive ketones (excluding diaryl/α,β-unsaturated/α-hetero) is 1. The van der Waals surface area contributed by atoms with Crippen LogP contribution in [0.5, 0.6) is 5.75 Å². The largest absolute Gasteiger partial charge is 0.507 e. The zero-order valence-corrected chi connectivity index (χ0v) is 24.2. The molecule has 1 aromatic heterocycles. The molecule has 1 atom stereocenters. The number of ketones is 1. The average molecular weight is 577 g/mol. The molecule has 0 aliphatic carbocycles. The number of hydrogen-bond donors (Lipinski definition) is 1. The highest BCUT2D eigenvalue weighted by atomic mass is 16.5. The van der Waals surface area contributed by atoms with Crippen LogP contribution in [0, 0.1) is 6.92 Å². The van der Waals surface area contributed by atoms with Crippen molar-refractivity contribution in [2.45, 2.75) is 46.1 Å². The lowest BCUT2D eigenvalue weighted by Crippen LogP contribution is -2.29. The van der Waals surface area contributed by atoms with Crippen molar-refractivity contribution in [1.29, 1.82) is 0 Å². The summed E-state index contributed by atoms with van der Waals surface area (Å²) in [4.78, 5) is 44.7. The molecule has 0 saturated carbocycles. The summed E-state index contributed by atoms with van der Waals surface area (Å²) in [5, 5.41) is 11.5. The number of nitrogens with zero attached hydrogens (tertiary/aromatic N) is 2. The minimum absolute atomic E-state index is 0.0208. The zero-order valence-electron chi connectivity index (χ0n) is 24.2. The zero-order chi connectivity index (χ0) is 30.5. The maximum atomic E-state index is 13.4. The lowest BCUT2D eigenvalue weighted by Gasteiger charge is -2.25. The third-order valence-electron chi connectivity index (χ3n) is 7.11. The molecular formula is C35H32N2O6. The number of carbonyl (C=O) groups excluding carboxylic acids is 3. The second-order valence-electron chi connectivity index (χ2n) is 10.6. The smallest absolute Gasteiger partial charge is 0.338 e. The SMILES string of the molecule is Cc1cc(/C(O)=C2/C(=O)C(=O)N(Cc3ccc(C(=O)OC(C)C)cc3)C2c2cccnc2)ccc1OCc1ccccc1. The fraction of sp³-hybridized carbons (Fsp3) is 0.200. The van der Waals surface area contributed by atoms with Crippen LogP contribution < -0.4 is 4.74 Å². The van der Waals surface area contributed by atoms with Crippen LogP contribution in [0.2, 0.25) is 0 Å². The van der Waals surface area contributed by atoms with E-state index in [2.05, 4.69) is 4.98 Å². The number of ether oxygens (including phenoxy) is 2. The molecule has 1 amide bonds. The van der Waals surface area contributed by atoms with E-state index in [1.54, 1.807) is 80.8 Å². The van der Waals surface area contributed by atoms with Gasteiger partial charge in [0.2, 0.25) is 0 Å². The van der Waals surface area contributed by atoms with Crippen molar-refractivity contribution in [2.24, 2.45) is 0 Å². The summed E-state index contributed by atoms with van der Waals surface area (Å²) in [6.45, 7) is 5.87. The van der Waals surface area contributed by atoms with Crippen LogP contribution in [0.1, 0.15) is 58.1 Å². The number of pyridine rings is 1. The van der Waals surface area contributed by atoms with Gasteiger partial charge in [0.05, 0.1) is 23.3 Å². The first-order chi connectivity index (χ1) is 20.7. The molecule has 1 saturated heterocycles. The quantitative estimate of drug-likeness (QED) is 0.110. The first kappa shape index (κ1) is 29.3. The van der Waals surface area contributed by atoms with Gasteiger partial charge < -0.3 is 19.5 Å². The highest BCUT2D eigenvalue weighted by Crippen LogP contribution is 2.40. The predicted molar refractivity (Wildman–Crippen MR) is 161 cm³/mol. The minimum atomic E-state index is -0.867. The maximum absolute atomic E-state index is 13.4. The van der Waals surface area contributed by atoms with E-state index in [4.69, 9.17) is 9.47 Å². The van der Waals surface area contributed by atoms with Gasteiger partial charge in [-0.25, -0.2) is 4.79 Å². The van der Waals surface area contributed by atoms with E-state index in [1.807, 2.05) is 37.3 Å². The van der Waals surface area contributed by atoms with Crippen LogP contribution in [-0.2, 0) is 27.5 Å². The number of aromatic nitrogens is 1. The Morgan fingerprint density at radius 2 is 1.65 bits per heavy atom. The maximum Gasteiger partial charge on any atom is 0.338 e. The number of benzene rings is 3. The number of hydrogen-bond acceptors (Lipinski definition) is 7. The van der Waals surface area contributed by atoms with Crippen LogP contribution in [0.25, 0.3) is 5.76 Å². The summed E-state index contributed by atoms with van der Waals surface area (Å²) < 4.78 is 11.2. The number of amides is 1. The predicted octanol–water partition coefficient (Wildman–Crippen LogP) is 6.16. The van der Waals surface area contributed by atoms with E-state index in [0.717, 1.165) is 11.1 Å². The first-order valence-corrected chi connectivity index (χ1v) is 14.0. The Bertz CT molecular complexity index is 1660. The van der Waals surface area contributed by atoms with E-state index in [-0.39, 0.29) is 24.0 Å². The molecule has 3 aromatic carbocycles. The van der Waals surface area contributed by atoms with E-state index in [0.29, 0.717) is 34.6 Å². The first-order valence-electron chi connectivity index (χ1n) is 14.0. The molecular weight excluding hydrogens is 544 g/mol. The van der Waals surface area contributed by atoms with Crippen molar-refractivity contribution < 1.29 is 29.0 Å². The van der Waals surface area contributed by atoms with Gasteiger partial charge in [-0.1, -0.05) is 48.5 Å². The summed E-state index contributed by atoms with van der Waals surface area (Å²) in [5.41, 5.74) is 3.83. The van der Waals surface area contributed by atoms with E-state index < -0.39 is 23.7 Å². The van der Waals surface area contributed by atoms with Crippen molar-refractivity contribution in [3.05, 3.63) is 136 Å². The number of aliphatic hydroxyl groups is 1. The number of esters is 1. The highest BCUT2D eigenvalue weighted by Gasteiger charge is 2.46. The van der Waals surface area contributed by atoms with Gasteiger partial charge in [0.1, 0.15) is 18.1 Å². The third-order valence-corrected chi connectivity index (χ3v) is 7.11. The van der Waals surface area contributed by atoms with Crippen molar-refractivity contribution in [2.75, 3.05) is 0 Å². The topological polar surface area (TPSA) is 106 Å². The molecule has 2 heterocycles. The van der Waals surface area contributed by atoms with Gasteiger partial charge in [-0.05, 0) is 79.4 Å².